The van der Waals surface area contributed by atoms with Crippen LogP contribution in [0.4, 0.5) is 0 Å². The van der Waals surface area contributed by atoms with Crippen LogP contribution in [-0.2, 0) is 14.2 Å². The van der Waals surface area contributed by atoms with Crippen LogP contribution >= 0.6 is 0 Å². The van der Waals surface area contributed by atoms with Crippen molar-refractivity contribution >= 4 is 10.0 Å². The van der Waals surface area contributed by atoms with E-state index in [9.17, 15) is 4.21 Å². The third-order valence-corrected chi connectivity index (χ3v) is 2.42. The van der Waals surface area contributed by atoms with Crippen LogP contribution in [0.2, 0.25) is 0 Å². The molecule has 9 heavy (non-hydrogen) atoms. The van der Waals surface area contributed by atoms with Crippen LogP contribution in [0, 0.1) is 0 Å². The van der Waals surface area contributed by atoms with Gasteiger partial charge in [0.1, 0.15) is 0 Å². The van der Waals surface area contributed by atoms with Gasteiger partial charge in [0.25, 0.3) is 0 Å². The molecule has 0 bridgehead atoms. The van der Waals surface area contributed by atoms with E-state index in [0.717, 1.165) is 0 Å². The molecule has 0 aromatic carbocycles. The van der Waals surface area contributed by atoms with E-state index in [2.05, 4.69) is 4.36 Å². The monoisotopic (exact) mass is 149 g/mol. The van der Waals surface area contributed by atoms with E-state index >= 15 is 0 Å². The molecule has 0 aromatic heterocycles. The number of hydrogen-bond donors (Lipinski definition) is 0. The molecular formula is C5H11NO2S. The summed E-state index contributed by atoms with van der Waals surface area (Å²) in [6, 6.07) is 0. The lowest BCUT2D eigenvalue weighted by Gasteiger charge is -2.06. The third kappa shape index (κ3) is 1.66. The van der Waals surface area contributed by atoms with Crippen LogP contribution < -0.4 is 0 Å². The minimum Gasteiger partial charge on any atom is -0.282 e. The van der Waals surface area contributed by atoms with Gasteiger partial charge >= 0.3 is 0 Å². The second-order valence-corrected chi connectivity index (χ2v) is 4.78. The molecule has 0 amide bonds. The molecule has 1 atom stereocenters. The van der Waals surface area contributed by atoms with Crippen molar-refractivity contribution in [1.29, 1.82) is 0 Å². The highest BCUT2D eigenvalue weighted by molar-refractivity contribution is 7.88. The first-order chi connectivity index (χ1) is 3.91. The average Bonchev–Trinajstić information content (AvgIpc) is 1.78. The largest absolute Gasteiger partial charge is 0.282 e. The van der Waals surface area contributed by atoms with E-state index in [4.69, 9.17) is 4.18 Å². The summed E-state index contributed by atoms with van der Waals surface area (Å²) in [6.07, 6.45) is 1.52. The Kier molecular flexibility index (Phi) is 1.33. The summed E-state index contributed by atoms with van der Waals surface area (Å²) < 4.78 is 19.9. The molecule has 54 valence electrons. The van der Waals surface area contributed by atoms with Crippen molar-refractivity contribution in [3.05, 3.63) is 0 Å². The van der Waals surface area contributed by atoms with E-state index in [1.807, 2.05) is 13.8 Å². The first-order valence-corrected chi connectivity index (χ1v) is 4.64. The Balaban J connectivity index is 2.99. The van der Waals surface area contributed by atoms with Gasteiger partial charge in [0.05, 0.1) is 12.1 Å². The zero-order valence-corrected chi connectivity index (χ0v) is 6.70. The Morgan fingerprint density at radius 3 is 2.33 bits per heavy atom. The molecule has 4 heteroatoms. The van der Waals surface area contributed by atoms with Gasteiger partial charge in [-0.15, -0.1) is 0 Å². The Hall–Kier alpha value is -0.0900. The maximum Gasteiger partial charge on any atom is 0.161 e. The fourth-order valence-corrected chi connectivity index (χ4v) is 2.27. The van der Waals surface area contributed by atoms with Crippen LogP contribution in [0.25, 0.3) is 0 Å². The molecule has 1 rings (SSSR count). The molecular weight excluding hydrogens is 138 g/mol. The van der Waals surface area contributed by atoms with E-state index in [1.54, 1.807) is 0 Å². The van der Waals surface area contributed by atoms with Crippen molar-refractivity contribution in [2.24, 2.45) is 4.36 Å². The minimum absolute atomic E-state index is 0.244. The van der Waals surface area contributed by atoms with Crippen LogP contribution in [0.1, 0.15) is 13.8 Å². The van der Waals surface area contributed by atoms with Gasteiger partial charge in [-0.05, 0) is 13.8 Å². The molecule has 0 aromatic rings. The second kappa shape index (κ2) is 1.70. The summed E-state index contributed by atoms with van der Waals surface area (Å²) in [6.45, 7) is 4.29. The maximum atomic E-state index is 11.0. The fourth-order valence-electron chi connectivity index (χ4n) is 0.755. The third-order valence-electron chi connectivity index (χ3n) is 1.04. The van der Waals surface area contributed by atoms with Crippen molar-refractivity contribution in [2.45, 2.75) is 19.4 Å². The van der Waals surface area contributed by atoms with Gasteiger partial charge in [0.15, 0.2) is 10.0 Å². The van der Waals surface area contributed by atoms with Gasteiger partial charge in [-0.25, -0.2) is 8.57 Å². The summed E-state index contributed by atoms with van der Waals surface area (Å²) in [5.74, 6) is 0. The number of rotatable bonds is 0. The molecule has 3 nitrogen and oxygen atoms in total. The Morgan fingerprint density at radius 2 is 2.22 bits per heavy atom. The summed E-state index contributed by atoms with van der Waals surface area (Å²) in [7, 11) is -2.28. The lowest BCUT2D eigenvalue weighted by molar-refractivity contribution is 0.301. The van der Waals surface area contributed by atoms with E-state index in [1.165, 1.54) is 6.26 Å². The van der Waals surface area contributed by atoms with Crippen molar-refractivity contribution < 1.29 is 8.39 Å². The van der Waals surface area contributed by atoms with E-state index < -0.39 is 10.0 Å². The maximum absolute atomic E-state index is 11.0. The highest BCUT2D eigenvalue weighted by atomic mass is 32.2. The average molecular weight is 149 g/mol. The SMILES string of the molecule is CC1(C)COS(C)(=O)=N1. The van der Waals surface area contributed by atoms with Crippen molar-refractivity contribution in [2.75, 3.05) is 12.9 Å². The molecule has 0 fully saturated rings. The molecule has 0 spiro atoms. The molecule has 1 heterocycles. The topological polar surface area (TPSA) is 38.7 Å². The number of nitrogens with zero attached hydrogens (tertiary/aromatic N) is 1. The molecule has 1 unspecified atom stereocenters. The predicted octanol–water partition coefficient (Wildman–Crippen LogP) is 0.808. The normalized spacial score (nSPS) is 40.3. The lowest BCUT2D eigenvalue weighted by atomic mass is 10.1. The minimum atomic E-state index is -2.28. The summed E-state index contributed by atoms with van der Waals surface area (Å²) in [4.78, 5) is 0. The number of hydrogen-bond acceptors (Lipinski definition) is 3. The summed E-state index contributed by atoms with van der Waals surface area (Å²) >= 11 is 0. The lowest BCUT2D eigenvalue weighted by Crippen LogP contribution is -2.17. The highest BCUT2D eigenvalue weighted by Gasteiger charge is 2.27. The van der Waals surface area contributed by atoms with Crippen molar-refractivity contribution in [3.8, 4) is 0 Å². The van der Waals surface area contributed by atoms with Crippen LogP contribution in [0.5, 0.6) is 0 Å². The van der Waals surface area contributed by atoms with Gasteiger partial charge in [-0.1, -0.05) is 0 Å². The first kappa shape index (κ1) is 7.02. The van der Waals surface area contributed by atoms with Crippen LogP contribution in [0.3, 0.4) is 0 Å². The zero-order chi connectivity index (χ0) is 7.12. The molecule has 1 aliphatic heterocycles. The molecule has 1 aliphatic rings. The standard InChI is InChI=1S/C5H11NO2S/c1-5(2)4-8-9(3,7)6-5/h4H2,1-3H3. The van der Waals surface area contributed by atoms with E-state index in [-0.39, 0.29) is 5.54 Å². The fraction of sp³-hybridized carbons (Fsp3) is 1.00. The van der Waals surface area contributed by atoms with E-state index in [0.29, 0.717) is 6.61 Å². The van der Waals surface area contributed by atoms with Gasteiger partial charge < -0.3 is 0 Å². The smallest absolute Gasteiger partial charge is 0.161 e. The molecule has 0 saturated heterocycles. The van der Waals surface area contributed by atoms with Gasteiger partial charge in [0, 0.05) is 6.26 Å². The van der Waals surface area contributed by atoms with Gasteiger partial charge in [0.2, 0.25) is 0 Å². The molecule has 0 saturated carbocycles. The zero-order valence-electron chi connectivity index (χ0n) is 5.88. The highest BCUT2D eigenvalue weighted by Crippen LogP contribution is 2.20. The first-order valence-electron chi connectivity index (χ1n) is 2.79. The second-order valence-electron chi connectivity index (χ2n) is 2.90. The van der Waals surface area contributed by atoms with Crippen LogP contribution in [0.15, 0.2) is 4.36 Å². The Labute approximate surface area is 55.8 Å². The molecule has 0 aliphatic carbocycles. The molecule has 0 radical (unpaired) electrons. The Bertz CT molecular complexity index is 225. The predicted molar refractivity (Wildman–Crippen MR) is 36.5 cm³/mol. The van der Waals surface area contributed by atoms with Gasteiger partial charge in [-0.3, -0.25) is 4.18 Å². The van der Waals surface area contributed by atoms with Crippen LogP contribution in [-0.4, -0.2) is 22.6 Å². The quantitative estimate of drug-likeness (QED) is 0.511. The summed E-state index contributed by atoms with van der Waals surface area (Å²) in [5.41, 5.74) is -0.244. The van der Waals surface area contributed by atoms with Gasteiger partial charge in [-0.2, -0.15) is 0 Å². The molecule has 0 N–H and O–H groups in total. The van der Waals surface area contributed by atoms with Crippen molar-refractivity contribution in [3.63, 3.8) is 0 Å². The van der Waals surface area contributed by atoms with Crippen molar-refractivity contribution in [1.82, 2.24) is 0 Å². The summed E-state index contributed by atoms with van der Waals surface area (Å²) in [5, 5.41) is 0. The Morgan fingerprint density at radius 1 is 1.67 bits per heavy atom.